The van der Waals surface area contributed by atoms with Gasteiger partial charge in [0.15, 0.2) is 6.10 Å². The molecule has 0 aromatic heterocycles. The molecule has 0 aliphatic rings. The predicted molar refractivity (Wildman–Crippen MR) is 325 cm³/mol. The van der Waals surface area contributed by atoms with Crippen molar-refractivity contribution in [3.05, 3.63) is 60.8 Å². The molecule has 75 heavy (non-hydrogen) atoms. The molecule has 0 bridgehead atoms. The van der Waals surface area contributed by atoms with Gasteiger partial charge >= 0.3 is 17.9 Å². The number of carbonyl (C=O) groups excluding carboxylic acids is 3. The summed E-state index contributed by atoms with van der Waals surface area (Å²) in [7, 11) is 0. The molecule has 6 heteroatoms. The van der Waals surface area contributed by atoms with E-state index in [9.17, 15) is 14.4 Å². The van der Waals surface area contributed by atoms with Crippen molar-refractivity contribution in [2.24, 2.45) is 0 Å². The third-order valence-corrected chi connectivity index (χ3v) is 14.5. The van der Waals surface area contributed by atoms with Crippen molar-refractivity contribution in [2.45, 2.75) is 348 Å². The lowest BCUT2D eigenvalue weighted by atomic mass is 10.0. The van der Waals surface area contributed by atoms with Crippen LogP contribution in [0.25, 0.3) is 0 Å². The molecule has 0 radical (unpaired) electrons. The Kier molecular flexibility index (Phi) is 61.2. The minimum atomic E-state index is -0.790. The summed E-state index contributed by atoms with van der Waals surface area (Å²) in [5.41, 5.74) is 0. The van der Waals surface area contributed by atoms with Gasteiger partial charge in [0.05, 0.1) is 0 Å². The minimum Gasteiger partial charge on any atom is -0.462 e. The van der Waals surface area contributed by atoms with E-state index >= 15 is 0 Å². The Bertz CT molecular complexity index is 1340. The van der Waals surface area contributed by atoms with Crippen molar-refractivity contribution in [3.8, 4) is 0 Å². The molecule has 0 aliphatic heterocycles. The van der Waals surface area contributed by atoms with Gasteiger partial charge in [0.25, 0.3) is 0 Å². The van der Waals surface area contributed by atoms with Gasteiger partial charge in [-0.3, -0.25) is 14.4 Å². The monoisotopic (exact) mass is 1050 g/mol. The number of hydrogen-bond acceptors (Lipinski definition) is 6. The zero-order valence-corrected chi connectivity index (χ0v) is 50.1. The Labute approximate surface area is 466 Å². The van der Waals surface area contributed by atoms with Gasteiger partial charge in [-0.1, -0.05) is 300 Å². The van der Waals surface area contributed by atoms with Crippen molar-refractivity contribution in [3.63, 3.8) is 0 Å². The summed E-state index contributed by atoms with van der Waals surface area (Å²) in [4.78, 5) is 38.3. The molecule has 1 unspecified atom stereocenters. The second-order valence-electron chi connectivity index (χ2n) is 22.0. The summed E-state index contributed by atoms with van der Waals surface area (Å²) in [5.74, 6) is -0.897. The number of carbonyl (C=O) groups is 3. The van der Waals surface area contributed by atoms with Crippen LogP contribution in [0.3, 0.4) is 0 Å². The molecule has 0 rings (SSSR count). The average molecular weight is 1050 g/mol. The molecule has 0 N–H and O–H groups in total. The highest BCUT2D eigenvalue weighted by atomic mass is 16.6. The molecule has 0 saturated heterocycles. The lowest BCUT2D eigenvalue weighted by Gasteiger charge is -2.18. The molecular weight excluding hydrogens is 925 g/mol. The maximum Gasteiger partial charge on any atom is 0.306 e. The van der Waals surface area contributed by atoms with Crippen LogP contribution in [0.15, 0.2) is 60.8 Å². The second-order valence-corrected chi connectivity index (χ2v) is 22.0. The summed E-state index contributed by atoms with van der Waals surface area (Å²) < 4.78 is 16.9. The Hall–Kier alpha value is -2.89. The molecule has 0 fully saturated rings. The Morgan fingerprint density at radius 3 is 0.827 bits per heavy atom. The summed E-state index contributed by atoms with van der Waals surface area (Å²) in [6.07, 6.45) is 80.9. The number of allylic oxidation sites excluding steroid dienone is 10. The SMILES string of the molecule is CC/C=C\C/C=C\C/C=C\C/C=C\CCCCCCC(=O)OC(COC(=O)CCCCCCC/C=C\CCCCCCCCC)COC(=O)CCCCCCCCCCCCCCCCCCCCCCCCCC. The van der Waals surface area contributed by atoms with Gasteiger partial charge in [-0.25, -0.2) is 0 Å². The molecule has 0 heterocycles. The van der Waals surface area contributed by atoms with Gasteiger partial charge in [-0.2, -0.15) is 0 Å². The highest BCUT2D eigenvalue weighted by Gasteiger charge is 2.19. The highest BCUT2D eigenvalue weighted by molar-refractivity contribution is 5.71. The van der Waals surface area contributed by atoms with Crippen LogP contribution in [0.1, 0.15) is 342 Å². The maximum atomic E-state index is 12.9. The molecule has 0 aromatic carbocycles. The number of hydrogen-bond donors (Lipinski definition) is 0. The topological polar surface area (TPSA) is 78.9 Å². The van der Waals surface area contributed by atoms with Crippen molar-refractivity contribution in [1.29, 1.82) is 0 Å². The first-order valence-corrected chi connectivity index (χ1v) is 32.8. The third-order valence-electron chi connectivity index (χ3n) is 14.5. The Morgan fingerprint density at radius 1 is 0.280 bits per heavy atom. The van der Waals surface area contributed by atoms with Gasteiger partial charge in [-0.15, -0.1) is 0 Å². The van der Waals surface area contributed by atoms with Crippen LogP contribution in [0, 0.1) is 0 Å². The third kappa shape index (κ3) is 61.8. The quantitative estimate of drug-likeness (QED) is 0.0261. The second kappa shape index (κ2) is 63.6. The summed E-state index contributed by atoms with van der Waals surface area (Å²) in [6, 6.07) is 0. The molecular formula is C69H124O6. The van der Waals surface area contributed by atoms with Gasteiger partial charge < -0.3 is 14.2 Å². The number of rotatable bonds is 60. The fourth-order valence-electron chi connectivity index (χ4n) is 9.61. The molecule has 0 saturated carbocycles. The fourth-order valence-corrected chi connectivity index (χ4v) is 9.61. The number of ether oxygens (including phenoxy) is 3. The van der Waals surface area contributed by atoms with Crippen molar-refractivity contribution < 1.29 is 28.6 Å². The Morgan fingerprint density at radius 2 is 0.520 bits per heavy atom. The van der Waals surface area contributed by atoms with Gasteiger partial charge in [0.1, 0.15) is 13.2 Å². The van der Waals surface area contributed by atoms with Crippen molar-refractivity contribution in [1.82, 2.24) is 0 Å². The van der Waals surface area contributed by atoms with E-state index in [0.29, 0.717) is 19.3 Å². The van der Waals surface area contributed by atoms with E-state index in [1.807, 2.05) is 0 Å². The number of esters is 3. The standard InChI is InChI=1S/C69H124O6/c1-4-7-10-13-16-19-22-25-28-31-32-33-34-35-36-37-39-41-44-47-50-53-56-59-62-68(71)74-65-66(64-73-67(70)61-58-55-52-49-46-43-40-30-27-24-21-18-15-12-9-6-3)75-69(72)63-60-57-54-51-48-45-42-38-29-26-23-20-17-14-11-8-5-2/h8,11,17,20,26,29-30,40,42,45,66H,4-7,9-10,12-16,18-19,21-25,27-28,31-39,41,43-44,46-65H2,1-3H3/b11-8-,20-17-,29-26-,40-30-,45-42-. The zero-order chi connectivity index (χ0) is 54.3. The summed E-state index contributed by atoms with van der Waals surface area (Å²) >= 11 is 0. The molecule has 1 atom stereocenters. The first-order valence-electron chi connectivity index (χ1n) is 32.8. The van der Waals surface area contributed by atoms with E-state index in [1.54, 1.807) is 0 Å². The lowest BCUT2D eigenvalue weighted by Crippen LogP contribution is -2.30. The van der Waals surface area contributed by atoms with Crippen molar-refractivity contribution >= 4 is 17.9 Å². The fraction of sp³-hybridized carbons (Fsp3) is 0.812. The van der Waals surface area contributed by atoms with Crippen LogP contribution in [0.5, 0.6) is 0 Å². The Balaban J connectivity index is 4.32. The lowest BCUT2D eigenvalue weighted by molar-refractivity contribution is -0.167. The first-order chi connectivity index (χ1) is 37.0. The zero-order valence-electron chi connectivity index (χ0n) is 50.1. The van der Waals surface area contributed by atoms with E-state index in [2.05, 4.69) is 81.5 Å². The van der Waals surface area contributed by atoms with Crippen LogP contribution >= 0.6 is 0 Å². The molecule has 436 valence electrons. The van der Waals surface area contributed by atoms with Crippen molar-refractivity contribution in [2.75, 3.05) is 13.2 Å². The molecule has 0 amide bonds. The summed E-state index contributed by atoms with van der Waals surface area (Å²) in [6.45, 7) is 6.55. The molecule has 6 nitrogen and oxygen atoms in total. The largest absolute Gasteiger partial charge is 0.462 e. The van der Waals surface area contributed by atoms with Gasteiger partial charge in [0, 0.05) is 19.3 Å². The first kappa shape index (κ1) is 72.1. The molecule has 0 aromatic rings. The van der Waals surface area contributed by atoms with Gasteiger partial charge in [0.2, 0.25) is 0 Å². The highest BCUT2D eigenvalue weighted by Crippen LogP contribution is 2.17. The van der Waals surface area contributed by atoms with Crippen LogP contribution in [0.4, 0.5) is 0 Å². The smallest absolute Gasteiger partial charge is 0.306 e. The van der Waals surface area contributed by atoms with Crippen LogP contribution in [0.2, 0.25) is 0 Å². The predicted octanol–water partition coefficient (Wildman–Crippen LogP) is 22.3. The van der Waals surface area contributed by atoms with E-state index in [-0.39, 0.29) is 31.1 Å². The maximum absolute atomic E-state index is 12.9. The van der Waals surface area contributed by atoms with E-state index in [0.717, 1.165) is 103 Å². The van der Waals surface area contributed by atoms with E-state index in [1.165, 1.54) is 199 Å². The van der Waals surface area contributed by atoms with Gasteiger partial charge in [-0.05, 0) is 83.5 Å². The van der Waals surface area contributed by atoms with Crippen LogP contribution in [-0.2, 0) is 28.6 Å². The normalized spacial score (nSPS) is 12.4. The van der Waals surface area contributed by atoms with E-state index in [4.69, 9.17) is 14.2 Å². The molecule has 0 spiro atoms. The number of unbranched alkanes of at least 4 members (excludes halogenated alkanes) is 39. The minimum absolute atomic E-state index is 0.0837. The average Bonchev–Trinajstić information content (AvgIpc) is 3.41. The molecule has 0 aliphatic carbocycles. The summed E-state index contributed by atoms with van der Waals surface area (Å²) in [5, 5.41) is 0. The van der Waals surface area contributed by atoms with Crippen LogP contribution in [-0.4, -0.2) is 37.2 Å². The van der Waals surface area contributed by atoms with E-state index < -0.39 is 6.10 Å². The van der Waals surface area contributed by atoms with Crippen LogP contribution < -0.4 is 0 Å².